The third-order valence-corrected chi connectivity index (χ3v) is 5.16. The van der Waals surface area contributed by atoms with E-state index in [2.05, 4.69) is 10.3 Å². The summed E-state index contributed by atoms with van der Waals surface area (Å²) in [6.45, 7) is 0. The molecule has 0 atom stereocenters. The van der Waals surface area contributed by atoms with Gasteiger partial charge in [-0.1, -0.05) is 12.1 Å². The van der Waals surface area contributed by atoms with Crippen molar-refractivity contribution >= 4 is 32.8 Å². The molecule has 6 nitrogen and oxygen atoms in total. The standard InChI is InChI=1S/C15H12N2O4S2/c1-23(19,20)13-7-3-2-5-10(13)17-14(18)12-9-16-15(22-12)11-6-4-8-21-11/h2-9H,1H3,(H,17,18). The quantitative estimate of drug-likeness (QED) is 0.783. The van der Waals surface area contributed by atoms with Crippen molar-refractivity contribution in [2.45, 2.75) is 4.90 Å². The molecule has 0 bridgehead atoms. The minimum Gasteiger partial charge on any atom is -0.462 e. The Bertz CT molecular complexity index is 944. The first-order valence-corrected chi connectivity index (χ1v) is 9.26. The number of thiazole rings is 1. The summed E-state index contributed by atoms with van der Waals surface area (Å²) in [6.07, 6.45) is 4.06. The molecule has 0 aliphatic heterocycles. The second kappa shape index (κ2) is 5.98. The Labute approximate surface area is 136 Å². The zero-order valence-corrected chi connectivity index (χ0v) is 13.6. The number of rotatable bonds is 4. The van der Waals surface area contributed by atoms with Crippen LogP contribution >= 0.6 is 11.3 Å². The van der Waals surface area contributed by atoms with Gasteiger partial charge in [0.1, 0.15) is 4.88 Å². The number of para-hydroxylation sites is 1. The van der Waals surface area contributed by atoms with E-state index in [0.29, 0.717) is 15.6 Å². The summed E-state index contributed by atoms with van der Waals surface area (Å²) in [5, 5.41) is 3.19. The summed E-state index contributed by atoms with van der Waals surface area (Å²) in [5.41, 5.74) is 0.243. The maximum atomic E-state index is 12.3. The van der Waals surface area contributed by atoms with Crippen LogP contribution in [0, 0.1) is 0 Å². The number of anilines is 1. The Kier molecular flexibility index (Phi) is 4.01. The van der Waals surface area contributed by atoms with E-state index in [4.69, 9.17) is 4.42 Å². The summed E-state index contributed by atoms with van der Waals surface area (Å²) in [5.74, 6) is 0.155. The fourth-order valence-corrected chi connectivity index (χ4v) is 3.59. The van der Waals surface area contributed by atoms with Crippen LogP contribution in [0.5, 0.6) is 0 Å². The van der Waals surface area contributed by atoms with Gasteiger partial charge in [-0.15, -0.1) is 11.3 Å². The number of amides is 1. The number of nitrogens with zero attached hydrogens (tertiary/aromatic N) is 1. The molecule has 118 valence electrons. The van der Waals surface area contributed by atoms with Crippen LogP contribution in [0.25, 0.3) is 10.8 Å². The first-order chi connectivity index (χ1) is 10.9. The molecule has 23 heavy (non-hydrogen) atoms. The lowest BCUT2D eigenvalue weighted by molar-refractivity contribution is 0.103. The predicted molar refractivity (Wildman–Crippen MR) is 87.3 cm³/mol. The van der Waals surface area contributed by atoms with Crippen molar-refractivity contribution in [2.24, 2.45) is 0 Å². The number of carbonyl (C=O) groups is 1. The number of sulfone groups is 1. The molecular weight excluding hydrogens is 336 g/mol. The van der Waals surface area contributed by atoms with E-state index in [-0.39, 0.29) is 10.6 Å². The molecule has 8 heteroatoms. The molecule has 3 rings (SSSR count). The predicted octanol–water partition coefficient (Wildman–Crippen LogP) is 3.06. The van der Waals surface area contributed by atoms with E-state index in [0.717, 1.165) is 17.6 Å². The largest absolute Gasteiger partial charge is 0.462 e. The lowest BCUT2D eigenvalue weighted by atomic mass is 10.3. The maximum Gasteiger partial charge on any atom is 0.267 e. The highest BCUT2D eigenvalue weighted by Gasteiger charge is 2.17. The topological polar surface area (TPSA) is 89.3 Å². The lowest BCUT2D eigenvalue weighted by Gasteiger charge is -2.08. The number of carbonyl (C=O) groups excluding carboxylic acids is 1. The van der Waals surface area contributed by atoms with Gasteiger partial charge in [0.05, 0.1) is 23.0 Å². The van der Waals surface area contributed by atoms with Gasteiger partial charge in [0.25, 0.3) is 5.91 Å². The average Bonchev–Trinajstić information content (AvgIpc) is 3.18. The van der Waals surface area contributed by atoms with Gasteiger partial charge in [-0.3, -0.25) is 4.79 Å². The molecule has 2 aromatic heterocycles. The van der Waals surface area contributed by atoms with Crippen LogP contribution in [0.3, 0.4) is 0 Å². The van der Waals surface area contributed by atoms with Crippen LogP contribution in [-0.4, -0.2) is 25.6 Å². The summed E-state index contributed by atoms with van der Waals surface area (Å²) in [6, 6.07) is 9.74. The van der Waals surface area contributed by atoms with Crippen LogP contribution in [0.15, 0.2) is 58.2 Å². The molecule has 1 aromatic carbocycles. The molecule has 1 amide bonds. The number of hydrogen-bond donors (Lipinski definition) is 1. The van der Waals surface area contributed by atoms with Gasteiger partial charge in [-0.25, -0.2) is 13.4 Å². The average molecular weight is 348 g/mol. The van der Waals surface area contributed by atoms with Crippen molar-refractivity contribution in [3.05, 3.63) is 53.7 Å². The van der Waals surface area contributed by atoms with Crippen LogP contribution in [0.2, 0.25) is 0 Å². The molecular formula is C15H12N2O4S2. The van der Waals surface area contributed by atoms with E-state index in [1.807, 2.05) is 0 Å². The highest BCUT2D eigenvalue weighted by atomic mass is 32.2. The van der Waals surface area contributed by atoms with E-state index < -0.39 is 15.7 Å². The zero-order valence-electron chi connectivity index (χ0n) is 12.0. The minimum absolute atomic E-state index is 0.0733. The minimum atomic E-state index is -3.43. The number of nitrogens with one attached hydrogen (secondary N) is 1. The molecule has 0 spiro atoms. The van der Waals surface area contributed by atoms with Gasteiger partial charge in [0.2, 0.25) is 0 Å². The Hall–Kier alpha value is -2.45. The number of benzene rings is 1. The molecule has 0 unspecified atom stereocenters. The molecule has 2 heterocycles. The summed E-state index contributed by atoms with van der Waals surface area (Å²) in [7, 11) is -3.43. The summed E-state index contributed by atoms with van der Waals surface area (Å²) < 4.78 is 28.7. The highest BCUT2D eigenvalue weighted by Crippen LogP contribution is 2.27. The number of aromatic nitrogens is 1. The Morgan fingerprint density at radius 3 is 2.70 bits per heavy atom. The summed E-state index contributed by atoms with van der Waals surface area (Å²) >= 11 is 1.16. The maximum absolute atomic E-state index is 12.3. The number of hydrogen-bond acceptors (Lipinski definition) is 6. The van der Waals surface area contributed by atoms with Gasteiger partial charge < -0.3 is 9.73 Å². The van der Waals surface area contributed by atoms with Gasteiger partial charge in [0, 0.05) is 6.26 Å². The van der Waals surface area contributed by atoms with Crippen LogP contribution in [-0.2, 0) is 9.84 Å². The molecule has 0 saturated heterocycles. The van der Waals surface area contributed by atoms with Crippen LogP contribution in [0.1, 0.15) is 9.67 Å². The normalized spacial score (nSPS) is 11.3. The first-order valence-electron chi connectivity index (χ1n) is 6.55. The monoisotopic (exact) mass is 348 g/mol. The molecule has 0 saturated carbocycles. The number of furan rings is 1. The molecule has 0 aliphatic rings. The SMILES string of the molecule is CS(=O)(=O)c1ccccc1NC(=O)c1cnc(-c2ccco2)s1. The van der Waals surface area contributed by atoms with E-state index in [1.165, 1.54) is 18.5 Å². The second-order valence-electron chi connectivity index (χ2n) is 4.73. The molecule has 0 aliphatic carbocycles. The van der Waals surface area contributed by atoms with Crippen molar-refractivity contribution in [1.29, 1.82) is 0 Å². The van der Waals surface area contributed by atoms with Gasteiger partial charge in [-0.05, 0) is 24.3 Å². The lowest BCUT2D eigenvalue weighted by Crippen LogP contribution is -2.13. The van der Waals surface area contributed by atoms with E-state index >= 15 is 0 Å². The molecule has 0 radical (unpaired) electrons. The van der Waals surface area contributed by atoms with E-state index in [9.17, 15) is 13.2 Å². The third-order valence-electron chi connectivity index (χ3n) is 3.00. The van der Waals surface area contributed by atoms with Gasteiger partial charge >= 0.3 is 0 Å². The fraction of sp³-hybridized carbons (Fsp3) is 0.0667. The molecule has 0 fully saturated rings. The van der Waals surface area contributed by atoms with Gasteiger partial charge in [-0.2, -0.15) is 0 Å². The molecule has 1 N–H and O–H groups in total. The summed E-state index contributed by atoms with van der Waals surface area (Å²) in [4.78, 5) is 16.9. The van der Waals surface area contributed by atoms with Crippen molar-refractivity contribution in [2.75, 3.05) is 11.6 Å². The van der Waals surface area contributed by atoms with Crippen molar-refractivity contribution in [1.82, 2.24) is 4.98 Å². The highest BCUT2D eigenvalue weighted by molar-refractivity contribution is 7.90. The van der Waals surface area contributed by atoms with Crippen molar-refractivity contribution in [3.8, 4) is 10.8 Å². The van der Waals surface area contributed by atoms with Gasteiger partial charge in [0.15, 0.2) is 20.6 Å². The van der Waals surface area contributed by atoms with E-state index in [1.54, 1.807) is 30.3 Å². The van der Waals surface area contributed by atoms with Crippen LogP contribution in [0.4, 0.5) is 5.69 Å². The fourth-order valence-electron chi connectivity index (χ4n) is 1.97. The smallest absolute Gasteiger partial charge is 0.267 e. The third kappa shape index (κ3) is 3.33. The Morgan fingerprint density at radius 2 is 2.00 bits per heavy atom. The first kappa shape index (κ1) is 15.4. The van der Waals surface area contributed by atoms with Crippen LogP contribution < -0.4 is 5.32 Å². The molecule has 3 aromatic rings. The van der Waals surface area contributed by atoms with Crippen molar-refractivity contribution in [3.63, 3.8) is 0 Å². The van der Waals surface area contributed by atoms with Crippen molar-refractivity contribution < 1.29 is 17.6 Å². The Balaban J connectivity index is 1.86. The zero-order chi connectivity index (χ0) is 16.4. The Morgan fingerprint density at radius 1 is 1.22 bits per heavy atom. The second-order valence-corrected chi connectivity index (χ2v) is 7.74.